The molecule has 0 saturated heterocycles. The summed E-state index contributed by atoms with van der Waals surface area (Å²) in [5, 5.41) is 3.75. The van der Waals surface area contributed by atoms with Crippen molar-refractivity contribution in [3.05, 3.63) is 45.3 Å². The molecule has 19 heavy (non-hydrogen) atoms. The smallest absolute Gasteiger partial charge is 0.135 e. The molecule has 0 aliphatic rings. The van der Waals surface area contributed by atoms with Gasteiger partial charge in [0.25, 0.3) is 0 Å². The minimum absolute atomic E-state index is 0.466. The number of halogens is 2. The van der Waals surface area contributed by atoms with E-state index in [0.29, 0.717) is 5.15 Å². The van der Waals surface area contributed by atoms with Gasteiger partial charge in [-0.3, -0.25) is 0 Å². The first-order valence-corrected chi connectivity index (χ1v) is 7.32. The van der Waals surface area contributed by atoms with Gasteiger partial charge in [0.1, 0.15) is 16.8 Å². The van der Waals surface area contributed by atoms with Crippen molar-refractivity contribution in [3.63, 3.8) is 0 Å². The topological polar surface area (TPSA) is 37.8 Å². The SMILES string of the molecule is CCCc1nc(Cl)cc(Nc2cc(Br)ccc2C)n1. The molecule has 0 spiro atoms. The predicted octanol–water partition coefficient (Wildman–Crippen LogP) is 4.90. The molecule has 1 N–H and O–H groups in total. The molecule has 1 aromatic carbocycles. The zero-order valence-corrected chi connectivity index (χ0v) is 13.2. The number of aryl methyl sites for hydroxylation is 2. The Morgan fingerprint density at radius 2 is 2.05 bits per heavy atom. The molecule has 2 aromatic rings. The van der Waals surface area contributed by atoms with Crippen LogP contribution in [0.2, 0.25) is 5.15 Å². The molecule has 2 rings (SSSR count). The molecule has 0 saturated carbocycles. The summed E-state index contributed by atoms with van der Waals surface area (Å²) in [6, 6.07) is 7.81. The Kier molecular flexibility index (Phi) is 4.77. The third-order valence-corrected chi connectivity index (χ3v) is 3.36. The van der Waals surface area contributed by atoms with E-state index in [4.69, 9.17) is 11.6 Å². The van der Waals surface area contributed by atoms with Gasteiger partial charge in [-0.1, -0.05) is 40.5 Å². The number of rotatable bonds is 4. The lowest BCUT2D eigenvalue weighted by atomic mass is 10.2. The average Bonchev–Trinajstić information content (AvgIpc) is 2.33. The molecule has 0 fully saturated rings. The summed E-state index contributed by atoms with van der Waals surface area (Å²) in [6.45, 7) is 4.14. The zero-order valence-electron chi connectivity index (χ0n) is 10.9. The molecular formula is C14H15BrClN3. The molecule has 0 aliphatic heterocycles. The van der Waals surface area contributed by atoms with Gasteiger partial charge in [0.15, 0.2) is 0 Å². The van der Waals surface area contributed by atoms with Crippen LogP contribution in [0.3, 0.4) is 0 Å². The van der Waals surface area contributed by atoms with Crippen molar-refractivity contribution in [1.82, 2.24) is 9.97 Å². The molecule has 0 radical (unpaired) electrons. The van der Waals surface area contributed by atoms with Gasteiger partial charge in [0, 0.05) is 22.6 Å². The van der Waals surface area contributed by atoms with E-state index >= 15 is 0 Å². The molecule has 0 atom stereocenters. The minimum atomic E-state index is 0.466. The second-order valence-corrected chi connectivity index (χ2v) is 5.63. The average molecular weight is 341 g/mol. The Morgan fingerprint density at radius 3 is 2.79 bits per heavy atom. The first-order valence-electron chi connectivity index (χ1n) is 6.15. The summed E-state index contributed by atoms with van der Waals surface area (Å²) in [6.07, 6.45) is 1.82. The summed E-state index contributed by atoms with van der Waals surface area (Å²) >= 11 is 9.49. The first kappa shape index (κ1) is 14.3. The highest BCUT2D eigenvalue weighted by Crippen LogP contribution is 2.24. The van der Waals surface area contributed by atoms with Crippen molar-refractivity contribution in [1.29, 1.82) is 0 Å². The number of hydrogen-bond acceptors (Lipinski definition) is 3. The Bertz CT molecular complexity index is 587. The third-order valence-electron chi connectivity index (χ3n) is 2.68. The highest BCUT2D eigenvalue weighted by molar-refractivity contribution is 9.10. The molecule has 0 unspecified atom stereocenters. The lowest BCUT2D eigenvalue weighted by Crippen LogP contribution is -2.01. The van der Waals surface area contributed by atoms with Gasteiger partial charge in [-0.05, 0) is 31.0 Å². The maximum Gasteiger partial charge on any atom is 0.135 e. The van der Waals surface area contributed by atoms with Crippen molar-refractivity contribution < 1.29 is 0 Å². The van der Waals surface area contributed by atoms with Crippen LogP contribution >= 0.6 is 27.5 Å². The van der Waals surface area contributed by atoms with E-state index in [2.05, 4.69) is 38.1 Å². The number of anilines is 2. The Morgan fingerprint density at radius 1 is 1.26 bits per heavy atom. The Labute approximate surface area is 126 Å². The second-order valence-electron chi connectivity index (χ2n) is 4.33. The number of nitrogens with zero attached hydrogens (tertiary/aromatic N) is 2. The molecule has 100 valence electrons. The molecule has 5 heteroatoms. The van der Waals surface area contributed by atoms with E-state index < -0.39 is 0 Å². The van der Waals surface area contributed by atoms with Crippen molar-refractivity contribution >= 4 is 39.0 Å². The van der Waals surface area contributed by atoms with Crippen molar-refractivity contribution in [2.24, 2.45) is 0 Å². The summed E-state index contributed by atoms with van der Waals surface area (Å²) in [5.41, 5.74) is 2.15. The highest BCUT2D eigenvalue weighted by Gasteiger charge is 2.05. The zero-order chi connectivity index (χ0) is 13.8. The van der Waals surface area contributed by atoms with Crippen LogP contribution in [0.4, 0.5) is 11.5 Å². The second kappa shape index (κ2) is 6.35. The van der Waals surface area contributed by atoms with Gasteiger partial charge >= 0.3 is 0 Å². The van der Waals surface area contributed by atoms with E-state index in [9.17, 15) is 0 Å². The van der Waals surface area contributed by atoms with Crippen molar-refractivity contribution in [3.8, 4) is 0 Å². The van der Waals surface area contributed by atoms with Gasteiger partial charge in [-0.2, -0.15) is 0 Å². The van der Waals surface area contributed by atoms with Crippen molar-refractivity contribution in [2.45, 2.75) is 26.7 Å². The fourth-order valence-electron chi connectivity index (χ4n) is 1.73. The van der Waals surface area contributed by atoms with E-state index in [1.54, 1.807) is 6.07 Å². The monoisotopic (exact) mass is 339 g/mol. The van der Waals surface area contributed by atoms with Crippen LogP contribution in [-0.2, 0) is 6.42 Å². The van der Waals surface area contributed by atoms with Crippen LogP contribution in [0.5, 0.6) is 0 Å². The molecule has 1 heterocycles. The van der Waals surface area contributed by atoms with Crippen molar-refractivity contribution in [2.75, 3.05) is 5.32 Å². The molecular weight excluding hydrogens is 326 g/mol. The van der Waals surface area contributed by atoms with E-state index in [-0.39, 0.29) is 0 Å². The standard InChI is InChI=1S/C14H15BrClN3/c1-3-4-13-18-12(16)8-14(19-13)17-11-7-10(15)6-5-9(11)2/h5-8H,3-4H2,1-2H3,(H,17,18,19). The minimum Gasteiger partial charge on any atom is -0.340 e. The number of nitrogens with one attached hydrogen (secondary N) is 1. The molecule has 0 aliphatic carbocycles. The Hall–Kier alpha value is -1.13. The summed E-state index contributed by atoms with van der Waals surface area (Å²) in [4.78, 5) is 8.68. The molecule has 3 nitrogen and oxygen atoms in total. The van der Waals surface area contributed by atoms with Crippen LogP contribution in [-0.4, -0.2) is 9.97 Å². The molecule has 0 amide bonds. The van der Waals surface area contributed by atoms with Gasteiger partial charge in [-0.15, -0.1) is 0 Å². The van der Waals surface area contributed by atoms with Crippen LogP contribution in [0, 0.1) is 6.92 Å². The lowest BCUT2D eigenvalue weighted by Gasteiger charge is -2.10. The maximum atomic E-state index is 6.02. The van der Waals surface area contributed by atoms with Crippen LogP contribution < -0.4 is 5.32 Å². The summed E-state index contributed by atoms with van der Waals surface area (Å²) in [7, 11) is 0. The Balaban J connectivity index is 2.29. The highest BCUT2D eigenvalue weighted by atomic mass is 79.9. The predicted molar refractivity (Wildman–Crippen MR) is 83.2 cm³/mol. The summed E-state index contributed by atoms with van der Waals surface area (Å²) in [5.74, 6) is 1.50. The van der Waals surface area contributed by atoms with E-state index in [1.807, 2.05) is 25.1 Å². The quantitative estimate of drug-likeness (QED) is 0.805. The normalized spacial score (nSPS) is 10.5. The van der Waals surface area contributed by atoms with Gasteiger partial charge in [-0.25, -0.2) is 9.97 Å². The molecule has 0 bridgehead atoms. The van der Waals surface area contributed by atoms with Gasteiger partial charge in [0.05, 0.1) is 0 Å². The third kappa shape index (κ3) is 3.91. The first-order chi connectivity index (χ1) is 9.08. The maximum absolute atomic E-state index is 6.02. The summed E-state index contributed by atoms with van der Waals surface area (Å²) < 4.78 is 1.02. The van der Waals surface area contributed by atoms with E-state index in [0.717, 1.165) is 40.2 Å². The van der Waals surface area contributed by atoms with Gasteiger partial charge < -0.3 is 5.32 Å². The van der Waals surface area contributed by atoms with Crippen LogP contribution in [0.25, 0.3) is 0 Å². The largest absolute Gasteiger partial charge is 0.340 e. The van der Waals surface area contributed by atoms with Crippen LogP contribution in [0.15, 0.2) is 28.7 Å². The van der Waals surface area contributed by atoms with Crippen LogP contribution in [0.1, 0.15) is 24.7 Å². The number of benzene rings is 1. The lowest BCUT2D eigenvalue weighted by molar-refractivity contribution is 0.837. The van der Waals surface area contributed by atoms with Gasteiger partial charge in [0.2, 0.25) is 0 Å². The molecule has 1 aromatic heterocycles. The number of aromatic nitrogens is 2. The van der Waals surface area contributed by atoms with E-state index in [1.165, 1.54) is 0 Å². The fraction of sp³-hybridized carbons (Fsp3) is 0.286. The fourth-order valence-corrected chi connectivity index (χ4v) is 2.29. The number of hydrogen-bond donors (Lipinski definition) is 1.